The molecule has 9 heteroatoms. The number of ether oxygens (including phenoxy) is 1. The monoisotopic (exact) mass is 417 g/mol. The Morgan fingerprint density at radius 2 is 1.87 bits per heavy atom. The Bertz CT molecular complexity index is 1000. The molecular weight excluding hydrogens is 399 g/mol. The maximum absolute atomic E-state index is 12.5. The van der Waals surface area contributed by atoms with Gasteiger partial charge in [-0.05, 0) is 42.8 Å². The van der Waals surface area contributed by atoms with Gasteiger partial charge in [-0.1, -0.05) is 35.5 Å². The van der Waals surface area contributed by atoms with Gasteiger partial charge in [0, 0.05) is 11.6 Å². The summed E-state index contributed by atoms with van der Waals surface area (Å²) in [5.41, 5.74) is 1.27. The molecule has 156 valence electrons. The van der Waals surface area contributed by atoms with Crippen molar-refractivity contribution >= 4 is 12.0 Å². The van der Waals surface area contributed by atoms with Gasteiger partial charge in [-0.2, -0.15) is 18.2 Å². The summed E-state index contributed by atoms with van der Waals surface area (Å²) in [4.78, 5) is 15.2. The van der Waals surface area contributed by atoms with E-state index in [0.29, 0.717) is 11.3 Å². The molecule has 1 aromatic heterocycles. The van der Waals surface area contributed by atoms with Crippen LogP contribution in [0.2, 0.25) is 0 Å². The zero-order valence-corrected chi connectivity index (χ0v) is 15.9. The van der Waals surface area contributed by atoms with Crippen LogP contribution in [0.15, 0.2) is 65.2 Å². The molecule has 0 spiro atoms. The summed E-state index contributed by atoms with van der Waals surface area (Å²) < 4.78 is 47.5. The van der Waals surface area contributed by atoms with Gasteiger partial charge in [0.15, 0.2) is 0 Å². The van der Waals surface area contributed by atoms with Crippen molar-refractivity contribution in [2.75, 3.05) is 6.54 Å². The number of rotatable bonds is 7. The van der Waals surface area contributed by atoms with Gasteiger partial charge >= 0.3 is 12.1 Å². The Kier molecular flexibility index (Phi) is 6.51. The minimum absolute atomic E-state index is 0.167. The summed E-state index contributed by atoms with van der Waals surface area (Å²) >= 11 is 0. The molecule has 1 heterocycles. The topological polar surface area (TPSA) is 77.2 Å². The molecule has 1 N–H and O–H groups in total. The minimum Gasteiger partial charge on any atom is -0.489 e. The van der Waals surface area contributed by atoms with Crippen molar-refractivity contribution in [2.45, 2.75) is 19.2 Å². The molecular formula is C21H18F3N3O3. The summed E-state index contributed by atoms with van der Waals surface area (Å²) in [5, 5.41) is 6.07. The molecule has 0 saturated carbocycles. The number of carbonyl (C=O) groups is 1. The van der Waals surface area contributed by atoms with Gasteiger partial charge in [0.1, 0.15) is 11.9 Å². The Morgan fingerprint density at radius 3 is 2.50 bits per heavy atom. The van der Waals surface area contributed by atoms with E-state index < -0.39 is 12.1 Å². The molecule has 0 saturated heterocycles. The van der Waals surface area contributed by atoms with Crippen LogP contribution in [-0.2, 0) is 11.0 Å². The van der Waals surface area contributed by atoms with Crippen LogP contribution >= 0.6 is 0 Å². The fraction of sp³-hybridized carbons (Fsp3) is 0.190. The molecule has 3 rings (SSSR count). The Morgan fingerprint density at radius 1 is 1.17 bits per heavy atom. The number of benzene rings is 2. The summed E-state index contributed by atoms with van der Waals surface area (Å²) in [6, 6.07) is 15.6. The summed E-state index contributed by atoms with van der Waals surface area (Å²) in [7, 11) is 0. The first-order valence-electron chi connectivity index (χ1n) is 9.00. The average Bonchev–Trinajstić information content (AvgIpc) is 3.23. The van der Waals surface area contributed by atoms with E-state index in [2.05, 4.69) is 20.0 Å². The Labute approximate surface area is 170 Å². The number of aromatic nitrogens is 2. The number of nitrogens with zero attached hydrogens (tertiary/aromatic N) is 2. The van der Waals surface area contributed by atoms with E-state index in [1.54, 1.807) is 25.1 Å². The normalized spacial score (nSPS) is 12.7. The van der Waals surface area contributed by atoms with Crippen molar-refractivity contribution in [1.29, 1.82) is 0 Å². The first-order valence-corrected chi connectivity index (χ1v) is 9.00. The maximum atomic E-state index is 12.5. The van der Waals surface area contributed by atoms with E-state index >= 15 is 0 Å². The van der Waals surface area contributed by atoms with E-state index in [-0.39, 0.29) is 24.4 Å². The number of alkyl halides is 3. The smallest absolute Gasteiger partial charge is 0.471 e. The number of hydrogen-bond acceptors (Lipinski definition) is 5. The van der Waals surface area contributed by atoms with Gasteiger partial charge in [-0.15, -0.1) is 0 Å². The van der Waals surface area contributed by atoms with Crippen molar-refractivity contribution in [3.63, 3.8) is 0 Å². The number of amides is 1. The van der Waals surface area contributed by atoms with Crippen LogP contribution in [-0.4, -0.2) is 28.7 Å². The van der Waals surface area contributed by atoms with E-state index in [1.165, 1.54) is 18.2 Å². The number of carbonyl (C=O) groups excluding carboxylic acids is 1. The fourth-order valence-corrected chi connectivity index (χ4v) is 2.45. The van der Waals surface area contributed by atoms with E-state index in [0.717, 1.165) is 5.56 Å². The van der Waals surface area contributed by atoms with Crippen molar-refractivity contribution < 1.29 is 27.2 Å². The van der Waals surface area contributed by atoms with E-state index in [4.69, 9.17) is 4.74 Å². The predicted molar refractivity (Wildman–Crippen MR) is 103 cm³/mol. The van der Waals surface area contributed by atoms with E-state index in [9.17, 15) is 18.0 Å². The molecule has 30 heavy (non-hydrogen) atoms. The Hall–Kier alpha value is -3.62. The molecule has 0 aliphatic heterocycles. The lowest BCUT2D eigenvalue weighted by Crippen LogP contribution is -2.32. The highest BCUT2D eigenvalue weighted by atomic mass is 19.4. The molecule has 1 amide bonds. The zero-order valence-electron chi connectivity index (χ0n) is 15.9. The molecule has 0 unspecified atom stereocenters. The lowest BCUT2D eigenvalue weighted by Gasteiger charge is -2.15. The van der Waals surface area contributed by atoms with Crippen LogP contribution in [0.5, 0.6) is 5.75 Å². The third kappa shape index (κ3) is 5.94. The Balaban J connectivity index is 1.49. The lowest BCUT2D eigenvalue weighted by atomic mass is 10.2. The summed E-state index contributed by atoms with van der Waals surface area (Å²) in [6.07, 6.45) is -1.87. The molecule has 0 fully saturated rings. The molecule has 0 bridgehead atoms. The van der Waals surface area contributed by atoms with Crippen LogP contribution < -0.4 is 10.1 Å². The first-order chi connectivity index (χ1) is 14.3. The van der Waals surface area contributed by atoms with Crippen LogP contribution in [0.4, 0.5) is 13.2 Å². The van der Waals surface area contributed by atoms with Crippen molar-refractivity contribution in [1.82, 2.24) is 15.5 Å². The van der Waals surface area contributed by atoms with Gasteiger partial charge < -0.3 is 14.6 Å². The summed E-state index contributed by atoms with van der Waals surface area (Å²) in [5.74, 6) is -1.33. The van der Waals surface area contributed by atoms with Crippen LogP contribution in [0.1, 0.15) is 18.4 Å². The standard InChI is InChI=1S/C21H18F3N3O3/c1-14(13-25-18(28)12-7-15-5-3-2-4-6-15)29-17-10-8-16(9-11-17)19-26-20(30-27-19)21(22,23)24/h2-12,14H,13H2,1H3,(H,25,28)/t14-/m1/s1. The fourth-order valence-electron chi connectivity index (χ4n) is 2.45. The van der Waals surface area contributed by atoms with Gasteiger partial charge in [0.2, 0.25) is 11.7 Å². The highest BCUT2D eigenvalue weighted by Crippen LogP contribution is 2.29. The zero-order chi connectivity index (χ0) is 21.6. The minimum atomic E-state index is -4.69. The maximum Gasteiger partial charge on any atom is 0.471 e. The van der Waals surface area contributed by atoms with E-state index in [1.807, 2.05) is 30.3 Å². The molecule has 2 aromatic carbocycles. The quantitative estimate of drug-likeness (QED) is 0.579. The predicted octanol–water partition coefficient (Wildman–Crippen LogP) is 4.35. The second-order valence-corrected chi connectivity index (χ2v) is 6.36. The third-order valence-electron chi connectivity index (χ3n) is 3.91. The highest BCUT2D eigenvalue weighted by molar-refractivity contribution is 5.91. The van der Waals surface area contributed by atoms with Crippen LogP contribution in [0.3, 0.4) is 0 Å². The van der Waals surface area contributed by atoms with Crippen molar-refractivity contribution in [3.05, 3.63) is 72.1 Å². The van der Waals surface area contributed by atoms with Gasteiger partial charge in [-0.3, -0.25) is 4.79 Å². The average molecular weight is 417 g/mol. The van der Waals surface area contributed by atoms with Crippen molar-refractivity contribution in [2.24, 2.45) is 0 Å². The second-order valence-electron chi connectivity index (χ2n) is 6.36. The number of nitrogens with one attached hydrogen (secondary N) is 1. The van der Waals surface area contributed by atoms with Gasteiger partial charge in [-0.25, -0.2) is 0 Å². The number of halogens is 3. The second kappa shape index (κ2) is 9.25. The molecule has 1 atom stereocenters. The highest BCUT2D eigenvalue weighted by Gasteiger charge is 2.38. The van der Waals surface area contributed by atoms with Crippen molar-refractivity contribution in [3.8, 4) is 17.1 Å². The molecule has 0 aliphatic rings. The molecule has 0 radical (unpaired) electrons. The SMILES string of the molecule is C[C@H](CNC(=O)C=Cc1ccccc1)Oc1ccc(-c2noc(C(F)(F)F)n2)cc1. The summed E-state index contributed by atoms with van der Waals surface area (Å²) in [6.45, 7) is 2.06. The largest absolute Gasteiger partial charge is 0.489 e. The lowest BCUT2D eigenvalue weighted by molar-refractivity contribution is -0.159. The van der Waals surface area contributed by atoms with Gasteiger partial charge in [0.25, 0.3) is 0 Å². The molecule has 0 aliphatic carbocycles. The first kappa shape index (κ1) is 21.1. The number of hydrogen-bond donors (Lipinski definition) is 1. The molecule has 6 nitrogen and oxygen atoms in total. The van der Waals surface area contributed by atoms with Crippen LogP contribution in [0.25, 0.3) is 17.5 Å². The van der Waals surface area contributed by atoms with Crippen LogP contribution in [0, 0.1) is 0 Å². The van der Waals surface area contributed by atoms with Gasteiger partial charge in [0.05, 0.1) is 6.54 Å². The molecule has 3 aromatic rings. The third-order valence-corrected chi connectivity index (χ3v) is 3.91.